The summed E-state index contributed by atoms with van der Waals surface area (Å²) in [4.78, 5) is 40.7. The molecule has 0 aromatic heterocycles. The van der Waals surface area contributed by atoms with E-state index in [9.17, 15) is 18.8 Å². The molecule has 3 amide bonds. The third-order valence-corrected chi connectivity index (χ3v) is 6.94. The van der Waals surface area contributed by atoms with Gasteiger partial charge in [0.05, 0.1) is 17.0 Å². The number of benzene rings is 2. The molecule has 7 nitrogen and oxygen atoms in total. The minimum atomic E-state index is -0.527. The van der Waals surface area contributed by atoms with Gasteiger partial charge in [0.15, 0.2) is 11.5 Å². The Bertz CT molecular complexity index is 1180. The monoisotopic (exact) mass is 518 g/mol. The number of carbonyl (C=O) groups is 3. The molecule has 0 spiro atoms. The van der Waals surface area contributed by atoms with E-state index in [1.165, 1.54) is 19.3 Å². The first kappa shape index (κ1) is 25.1. The van der Waals surface area contributed by atoms with Crippen LogP contribution in [0.15, 0.2) is 41.3 Å². The lowest BCUT2D eigenvalue weighted by atomic mass is 10.1. The van der Waals surface area contributed by atoms with Crippen molar-refractivity contribution in [3.63, 3.8) is 0 Å². The lowest BCUT2D eigenvalue weighted by Crippen LogP contribution is -2.44. The Kier molecular flexibility index (Phi) is 7.97. The molecule has 0 unspecified atom stereocenters. The van der Waals surface area contributed by atoms with E-state index in [-0.39, 0.29) is 34.7 Å². The van der Waals surface area contributed by atoms with Crippen molar-refractivity contribution in [2.45, 2.75) is 25.9 Å². The minimum Gasteiger partial charge on any atom is -0.493 e. The molecule has 10 heteroatoms. The number of carbonyl (C=O) groups excluding carboxylic acids is 3. The van der Waals surface area contributed by atoms with Crippen LogP contribution in [0.4, 0.5) is 9.18 Å². The third kappa shape index (κ3) is 5.79. The van der Waals surface area contributed by atoms with Gasteiger partial charge in [0, 0.05) is 18.7 Å². The van der Waals surface area contributed by atoms with E-state index in [0.29, 0.717) is 30.0 Å². The standard InChI is InChI=1S/C25H24ClFN2O5S/c1-33-20-12-16(11-18(26)23(20)34-15-17-7-3-4-8-19(17)27)13-21-24(31)29(25(32)35-21)14-22(30)28-9-5-2-6-10-28/h3-4,7-8,11-13H,2,5-6,9-10,14-15H2,1H3/b21-13-. The molecule has 2 aromatic rings. The molecule has 2 aliphatic rings. The Balaban J connectivity index is 1.49. The second-order valence-electron chi connectivity index (χ2n) is 8.12. The second kappa shape index (κ2) is 11.1. The Morgan fingerprint density at radius 2 is 1.91 bits per heavy atom. The van der Waals surface area contributed by atoms with Gasteiger partial charge in [-0.15, -0.1) is 0 Å². The molecule has 4 rings (SSSR count). The molecule has 0 aliphatic carbocycles. The fourth-order valence-corrected chi connectivity index (χ4v) is 5.01. The molecule has 0 radical (unpaired) electrons. The first-order chi connectivity index (χ1) is 16.9. The molecular formula is C25H24ClFN2O5S. The molecule has 0 bridgehead atoms. The van der Waals surface area contributed by atoms with Gasteiger partial charge >= 0.3 is 0 Å². The first-order valence-electron chi connectivity index (χ1n) is 11.1. The Hall–Kier alpha value is -3.04. The van der Waals surface area contributed by atoms with Crippen LogP contribution in [-0.4, -0.2) is 53.6 Å². The summed E-state index contributed by atoms with van der Waals surface area (Å²) in [7, 11) is 1.44. The van der Waals surface area contributed by atoms with Crippen LogP contribution in [0.3, 0.4) is 0 Å². The number of rotatable bonds is 7. The minimum absolute atomic E-state index is 0.0496. The predicted octanol–water partition coefficient (Wildman–Crippen LogP) is 5.12. The highest BCUT2D eigenvalue weighted by molar-refractivity contribution is 8.18. The summed E-state index contributed by atoms with van der Waals surface area (Å²) >= 11 is 7.18. The normalized spacial score (nSPS) is 17.3. The van der Waals surface area contributed by atoms with Crippen molar-refractivity contribution in [1.29, 1.82) is 0 Å². The molecule has 184 valence electrons. The highest BCUT2D eigenvalue weighted by Gasteiger charge is 2.37. The van der Waals surface area contributed by atoms with E-state index in [1.807, 2.05) is 0 Å². The van der Waals surface area contributed by atoms with Crippen molar-refractivity contribution in [1.82, 2.24) is 9.80 Å². The van der Waals surface area contributed by atoms with Gasteiger partial charge < -0.3 is 14.4 Å². The second-order valence-corrected chi connectivity index (χ2v) is 9.52. The maximum Gasteiger partial charge on any atom is 0.294 e. The molecule has 0 N–H and O–H groups in total. The summed E-state index contributed by atoms with van der Waals surface area (Å²) < 4.78 is 25.0. The van der Waals surface area contributed by atoms with Gasteiger partial charge in [0.2, 0.25) is 5.91 Å². The zero-order valence-electron chi connectivity index (χ0n) is 19.1. The number of amides is 3. The zero-order chi connectivity index (χ0) is 24.9. The molecule has 2 aromatic carbocycles. The molecular weight excluding hydrogens is 495 g/mol. The van der Waals surface area contributed by atoms with E-state index in [1.54, 1.807) is 35.2 Å². The molecule has 0 atom stereocenters. The van der Waals surface area contributed by atoms with Crippen molar-refractivity contribution in [3.05, 3.63) is 63.3 Å². The number of hydrogen-bond acceptors (Lipinski definition) is 6. The number of hydrogen-bond donors (Lipinski definition) is 0. The summed E-state index contributed by atoms with van der Waals surface area (Å²) in [5, 5.41) is -0.291. The first-order valence-corrected chi connectivity index (χ1v) is 12.3. The third-order valence-electron chi connectivity index (χ3n) is 5.76. The van der Waals surface area contributed by atoms with Crippen LogP contribution < -0.4 is 9.47 Å². The van der Waals surface area contributed by atoms with Gasteiger partial charge in [-0.1, -0.05) is 29.8 Å². The lowest BCUT2D eigenvalue weighted by Gasteiger charge is -2.27. The number of halogens is 2. The maximum atomic E-state index is 13.9. The van der Waals surface area contributed by atoms with Crippen molar-refractivity contribution >= 4 is 46.5 Å². The van der Waals surface area contributed by atoms with Crippen LogP contribution >= 0.6 is 23.4 Å². The molecule has 2 heterocycles. The molecule has 2 aliphatic heterocycles. The van der Waals surface area contributed by atoms with Crippen LogP contribution in [0.25, 0.3) is 6.08 Å². The number of ether oxygens (including phenoxy) is 2. The van der Waals surface area contributed by atoms with Crippen molar-refractivity contribution in [2.24, 2.45) is 0 Å². The molecule has 2 fully saturated rings. The van der Waals surface area contributed by atoms with Crippen LogP contribution in [0.5, 0.6) is 11.5 Å². The number of likely N-dealkylation sites (tertiary alicyclic amines) is 1. The Labute approximate surface area is 211 Å². The summed E-state index contributed by atoms with van der Waals surface area (Å²) in [6.07, 6.45) is 4.45. The number of nitrogens with zero attached hydrogens (tertiary/aromatic N) is 2. The van der Waals surface area contributed by atoms with E-state index >= 15 is 0 Å². The lowest BCUT2D eigenvalue weighted by molar-refractivity contribution is -0.136. The molecule has 0 saturated carbocycles. The summed E-state index contributed by atoms with van der Waals surface area (Å²) in [5.41, 5.74) is 0.875. The van der Waals surface area contributed by atoms with Crippen LogP contribution in [0, 0.1) is 5.82 Å². The van der Waals surface area contributed by atoms with Gasteiger partial charge in [0.25, 0.3) is 11.1 Å². The van der Waals surface area contributed by atoms with E-state index in [4.69, 9.17) is 21.1 Å². The van der Waals surface area contributed by atoms with Crippen LogP contribution in [0.2, 0.25) is 5.02 Å². The molecule has 35 heavy (non-hydrogen) atoms. The van der Waals surface area contributed by atoms with Gasteiger partial charge in [0.1, 0.15) is 19.0 Å². The van der Waals surface area contributed by atoms with E-state index in [0.717, 1.165) is 35.9 Å². The average molecular weight is 519 g/mol. The number of imide groups is 1. The van der Waals surface area contributed by atoms with Crippen molar-refractivity contribution < 1.29 is 28.2 Å². The maximum absolute atomic E-state index is 13.9. The van der Waals surface area contributed by atoms with Crippen LogP contribution in [-0.2, 0) is 16.2 Å². The fraction of sp³-hybridized carbons (Fsp3) is 0.320. The van der Waals surface area contributed by atoms with Gasteiger partial charge in [-0.05, 0) is 60.9 Å². The van der Waals surface area contributed by atoms with E-state index in [2.05, 4.69) is 0 Å². The van der Waals surface area contributed by atoms with E-state index < -0.39 is 17.0 Å². The Morgan fingerprint density at radius 1 is 1.17 bits per heavy atom. The molecule has 2 saturated heterocycles. The fourth-order valence-electron chi connectivity index (χ4n) is 3.89. The highest BCUT2D eigenvalue weighted by atomic mass is 35.5. The largest absolute Gasteiger partial charge is 0.493 e. The smallest absolute Gasteiger partial charge is 0.294 e. The zero-order valence-corrected chi connectivity index (χ0v) is 20.7. The summed E-state index contributed by atoms with van der Waals surface area (Å²) in [5.74, 6) is -0.627. The Morgan fingerprint density at radius 3 is 2.63 bits per heavy atom. The topological polar surface area (TPSA) is 76.2 Å². The number of piperidine rings is 1. The van der Waals surface area contributed by atoms with Crippen molar-refractivity contribution in [2.75, 3.05) is 26.7 Å². The van der Waals surface area contributed by atoms with Gasteiger partial charge in [-0.3, -0.25) is 19.3 Å². The number of thioether (sulfide) groups is 1. The summed E-state index contributed by atoms with van der Waals surface area (Å²) in [6.45, 7) is 0.976. The predicted molar refractivity (Wildman–Crippen MR) is 132 cm³/mol. The average Bonchev–Trinajstić information content (AvgIpc) is 3.11. The number of methoxy groups -OCH3 is 1. The highest BCUT2D eigenvalue weighted by Crippen LogP contribution is 2.39. The quantitative estimate of drug-likeness (QED) is 0.474. The van der Waals surface area contributed by atoms with Gasteiger partial charge in [-0.25, -0.2) is 4.39 Å². The van der Waals surface area contributed by atoms with Crippen molar-refractivity contribution in [3.8, 4) is 11.5 Å². The summed E-state index contributed by atoms with van der Waals surface area (Å²) in [6, 6.07) is 9.41. The van der Waals surface area contributed by atoms with Gasteiger partial charge in [-0.2, -0.15) is 0 Å². The SMILES string of the molecule is COc1cc(/C=C2\SC(=O)N(CC(=O)N3CCCCC3)C2=O)cc(Cl)c1OCc1ccccc1F. The van der Waals surface area contributed by atoms with Crippen LogP contribution in [0.1, 0.15) is 30.4 Å².